The van der Waals surface area contributed by atoms with Gasteiger partial charge < -0.3 is 14.7 Å². The van der Waals surface area contributed by atoms with Crippen LogP contribution < -0.4 is 4.74 Å². The Morgan fingerprint density at radius 3 is 2.80 bits per heavy atom. The number of carboxylic acids is 1. The third-order valence-corrected chi connectivity index (χ3v) is 2.91. The Morgan fingerprint density at radius 1 is 1.35 bits per heavy atom. The second kappa shape index (κ2) is 6.34. The molecule has 1 N–H and O–H groups in total. The maximum atomic E-state index is 11.3. The molecule has 0 radical (unpaired) electrons. The monoisotopic (exact) mass is 274 g/mol. The number of benzene rings is 1. The van der Waals surface area contributed by atoms with Crippen molar-refractivity contribution in [2.24, 2.45) is 0 Å². The standard InChI is InChI=1S/C15H18N2O3/c1-17(2)8-5-9-20-14-12(15(18)19)10-11-6-3-4-7-13(11)16-14/h3-4,6-7,10H,5,8-9H2,1-2H3,(H,18,19). The van der Waals surface area contributed by atoms with E-state index in [1.807, 2.05) is 38.4 Å². The van der Waals surface area contributed by atoms with Crippen molar-refractivity contribution in [2.75, 3.05) is 27.2 Å². The molecule has 1 aromatic heterocycles. The number of ether oxygens (including phenoxy) is 1. The van der Waals surface area contributed by atoms with Gasteiger partial charge in [0.25, 0.3) is 0 Å². The van der Waals surface area contributed by atoms with Crippen LogP contribution in [0.25, 0.3) is 10.9 Å². The summed E-state index contributed by atoms with van der Waals surface area (Å²) in [4.78, 5) is 17.6. The van der Waals surface area contributed by atoms with E-state index >= 15 is 0 Å². The van der Waals surface area contributed by atoms with E-state index in [0.29, 0.717) is 6.61 Å². The Hall–Kier alpha value is -2.14. The summed E-state index contributed by atoms with van der Waals surface area (Å²) in [6.45, 7) is 1.33. The number of carbonyl (C=O) groups is 1. The molecule has 0 bridgehead atoms. The van der Waals surface area contributed by atoms with Crippen molar-refractivity contribution in [2.45, 2.75) is 6.42 Å². The summed E-state index contributed by atoms with van der Waals surface area (Å²) < 4.78 is 5.54. The molecule has 0 saturated heterocycles. The molecule has 0 unspecified atom stereocenters. The van der Waals surface area contributed by atoms with Crippen molar-refractivity contribution in [1.82, 2.24) is 9.88 Å². The second-order valence-corrected chi connectivity index (χ2v) is 4.84. The second-order valence-electron chi connectivity index (χ2n) is 4.84. The van der Waals surface area contributed by atoms with Crippen LogP contribution >= 0.6 is 0 Å². The maximum absolute atomic E-state index is 11.3. The summed E-state index contributed by atoms with van der Waals surface area (Å²) in [5.41, 5.74) is 0.841. The maximum Gasteiger partial charge on any atom is 0.341 e. The van der Waals surface area contributed by atoms with Gasteiger partial charge >= 0.3 is 5.97 Å². The topological polar surface area (TPSA) is 62.7 Å². The van der Waals surface area contributed by atoms with Crippen molar-refractivity contribution < 1.29 is 14.6 Å². The molecule has 0 atom stereocenters. The molecule has 5 heteroatoms. The Bertz CT molecular complexity index is 611. The summed E-state index contributed by atoms with van der Waals surface area (Å²) >= 11 is 0. The van der Waals surface area contributed by atoms with Crippen LogP contribution in [-0.2, 0) is 0 Å². The lowest BCUT2D eigenvalue weighted by atomic mass is 10.1. The van der Waals surface area contributed by atoms with Gasteiger partial charge in [0, 0.05) is 11.9 Å². The lowest BCUT2D eigenvalue weighted by molar-refractivity contribution is 0.0691. The van der Waals surface area contributed by atoms with Crippen LogP contribution in [0.15, 0.2) is 30.3 Å². The van der Waals surface area contributed by atoms with Gasteiger partial charge in [-0.25, -0.2) is 9.78 Å². The number of pyridine rings is 1. The molecule has 0 spiro atoms. The van der Waals surface area contributed by atoms with Crippen LogP contribution in [0.3, 0.4) is 0 Å². The first-order valence-corrected chi connectivity index (χ1v) is 6.48. The number of hydrogen-bond donors (Lipinski definition) is 1. The van der Waals surface area contributed by atoms with E-state index in [-0.39, 0.29) is 11.4 Å². The third kappa shape index (κ3) is 3.45. The number of nitrogens with zero attached hydrogens (tertiary/aromatic N) is 2. The van der Waals surface area contributed by atoms with Crippen LogP contribution in [-0.4, -0.2) is 48.2 Å². The normalized spacial score (nSPS) is 10.9. The first kappa shape index (κ1) is 14.3. The van der Waals surface area contributed by atoms with E-state index in [9.17, 15) is 9.90 Å². The van der Waals surface area contributed by atoms with Crippen LogP contribution in [0.4, 0.5) is 0 Å². The molecule has 5 nitrogen and oxygen atoms in total. The summed E-state index contributed by atoms with van der Waals surface area (Å²) in [6.07, 6.45) is 0.820. The number of rotatable bonds is 6. The van der Waals surface area contributed by atoms with Gasteiger partial charge in [0.2, 0.25) is 5.88 Å². The third-order valence-electron chi connectivity index (χ3n) is 2.91. The zero-order valence-corrected chi connectivity index (χ0v) is 11.7. The molecule has 106 valence electrons. The molecule has 0 amide bonds. The molecule has 0 aliphatic heterocycles. The summed E-state index contributed by atoms with van der Waals surface area (Å²) in [5.74, 6) is -0.833. The highest BCUT2D eigenvalue weighted by atomic mass is 16.5. The molecule has 0 fully saturated rings. The fourth-order valence-electron chi connectivity index (χ4n) is 1.91. The number of fused-ring (bicyclic) bond motifs is 1. The molecule has 0 saturated carbocycles. The van der Waals surface area contributed by atoms with E-state index in [0.717, 1.165) is 23.9 Å². The molecule has 0 aliphatic carbocycles. The summed E-state index contributed by atoms with van der Waals surface area (Å²) in [6, 6.07) is 9.00. The molecular formula is C15H18N2O3. The van der Waals surface area contributed by atoms with Crippen LogP contribution in [0.2, 0.25) is 0 Å². The number of aromatic nitrogens is 1. The van der Waals surface area contributed by atoms with E-state index in [4.69, 9.17) is 4.74 Å². The predicted octanol–water partition coefficient (Wildman–Crippen LogP) is 2.26. The molecule has 1 aromatic carbocycles. The smallest absolute Gasteiger partial charge is 0.341 e. The Kier molecular flexibility index (Phi) is 4.53. The van der Waals surface area contributed by atoms with Crippen molar-refractivity contribution in [3.63, 3.8) is 0 Å². The Morgan fingerprint density at radius 2 is 2.10 bits per heavy atom. The lowest BCUT2D eigenvalue weighted by Crippen LogP contribution is -2.16. The fourth-order valence-corrected chi connectivity index (χ4v) is 1.91. The highest BCUT2D eigenvalue weighted by molar-refractivity contribution is 5.95. The number of aromatic carboxylic acids is 1. The Labute approximate surface area is 117 Å². The average Bonchev–Trinajstić information content (AvgIpc) is 2.42. The van der Waals surface area contributed by atoms with Crippen molar-refractivity contribution in [3.05, 3.63) is 35.9 Å². The lowest BCUT2D eigenvalue weighted by Gasteiger charge is -2.11. The van der Waals surface area contributed by atoms with E-state index in [2.05, 4.69) is 9.88 Å². The van der Waals surface area contributed by atoms with E-state index in [1.54, 1.807) is 6.07 Å². The number of para-hydroxylation sites is 1. The van der Waals surface area contributed by atoms with Crippen molar-refractivity contribution in [1.29, 1.82) is 0 Å². The van der Waals surface area contributed by atoms with Crippen molar-refractivity contribution in [3.8, 4) is 5.88 Å². The van der Waals surface area contributed by atoms with Gasteiger partial charge in [-0.1, -0.05) is 18.2 Å². The minimum Gasteiger partial charge on any atom is -0.477 e. The molecular weight excluding hydrogens is 256 g/mol. The van der Waals surface area contributed by atoms with E-state index < -0.39 is 5.97 Å². The minimum atomic E-state index is -1.02. The van der Waals surface area contributed by atoms with E-state index in [1.165, 1.54) is 0 Å². The van der Waals surface area contributed by atoms with Gasteiger partial charge in [0.05, 0.1) is 12.1 Å². The fraction of sp³-hybridized carbons (Fsp3) is 0.333. The van der Waals surface area contributed by atoms with Crippen LogP contribution in [0.1, 0.15) is 16.8 Å². The van der Waals surface area contributed by atoms with Crippen LogP contribution in [0.5, 0.6) is 5.88 Å². The molecule has 20 heavy (non-hydrogen) atoms. The molecule has 0 aliphatic rings. The number of carboxylic acid groups (broad SMARTS) is 1. The van der Waals surface area contributed by atoms with Crippen molar-refractivity contribution >= 4 is 16.9 Å². The van der Waals surface area contributed by atoms with Gasteiger partial charge in [-0.05, 0) is 32.6 Å². The summed E-state index contributed by atoms with van der Waals surface area (Å²) in [7, 11) is 3.97. The van der Waals surface area contributed by atoms with Gasteiger partial charge in [-0.3, -0.25) is 0 Å². The molecule has 1 heterocycles. The Balaban J connectivity index is 2.21. The first-order chi connectivity index (χ1) is 9.58. The molecule has 2 rings (SSSR count). The quantitative estimate of drug-likeness (QED) is 0.819. The van der Waals surface area contributed by atoms with Crippen LogP contribution in [0, 0.1) is 0 Å². The predicted molar refractivity (Wildman–Crippen MR) is 77.4 cm³/mol. The minimum absolute atomic E-state index is 0.105. The van der Waals surface area contributed by atoms with Gasteiger partial charge in [-0.15, -0.1) is 0 Å². The highest BCUT2D eigenvalue weighted by Crippen LogP contribution is 2.22. The highest BCUT2D eigenvalue weighted by Gasteiger charge is 2.14. The zero-order chi connectivity index (χ0) is 14.5. The molecule has 2 aromatic rings. The SMILES string of the molecule is CN(C)CCCOc1nc2ccccc2cc1C(=O)O. The van der Waals surface area contributed by atoms with Gasteiger partial charge in [0.15, 0.2) is 0 Å². The summed E-state index contributed by atoms with van der Waals surface area (Å²) in [5, 5.41) is 10.0. The zero-order valence-electron chi connectivity index (χ0n) is 11.7. The largest absolute Gasteiger partial charge is 0.477 e. The van der Waals surface area contributed by atoms with Gasteiger partial charge in [-0.2, -0.15) is 0 Å². The average molecular weight is 274 g/mol. The first-order valence-electron chi connectivity index (χ1n) is 6.48. The van der Waals surface area contributed by atoms with Gasteiger partial charge in [0.1, 0.15) is 5.56 Å². The number of hydrogen-bond acceptors (Lipinski definition) is 4.